The molecular weight excluding hydrogens is 304 g/mol. The van der Waals surface area contributed by atoms with E-state index in [0.29, 0.717) is 12.6 Å². The second-order valence-electron chi connectivity index (χ2n) is 6.73. The van der Waals surface area contributed by atoms with E-state index in [1.165, 1.54) is 12.0 Å². The van der Waals surface area contributed by atoms with Gasteiger partial charge in [-0.1, -0.05) is 6.07 Å². The molecule has 5 nitrogen and oxygen atoms in total. The van der Waals surface area contributed by atoms with E-state index in [1.807, 2.05) is 37.5 Å². The lowest BCUT2D eigenvalue weighted by Crippen LogP contribution is -2.41. The summed E-state index contributed by atoms with van der Waals surface area (Å²) in [6.07, 6.45) is 6.11. The molecule has 0 aromatic carbocycles. The number of hydrogen-bond donors (Lipinski definition) is 0. The second kappa shape index (κ2) is 7.05. The van der Waals surface area contributed by atoms with E-state index in [1.54, 1.807) is 6.26 Å². The quantitative estimate of drug-likeness (QED) is 0.844. The van der Waals surface area contributed by atoms with Crippen molar-refractivity contribution in [1.82, 2.24) is 9.88 Å². The fraction of sp³-hybridized carbons (Fsp3) is 0.526. The summed E-state index contributed by atoms with van der Waals surface area (Å²) in [6, 6.07) is 8.52. The molecule has 2 aromatic rings. The van der Waals surface area contributed by atoms with Gasteiger partial charge in [-0.3, -0.25) is 9.88 Å². The molecule has 5 heteroatoms. The molecule has 3 atom stereocenters. The summed E-state index contributed by atoms with van der Waals surface area (Å²) in [5, 5.41) is 0. The van der Waals surface area contributed by atoms with Crippen LogP contribution in [0.3, 0.4) is 0 Å². The molecule has 0 radical (unpaired) electrons. The number of aromatic nitrogens is 1. The van der Waals surface area contributed by atoms with Gasteiger partial charge in [0.1, 0.15) is 6.10 Å². The fourth-order valence-electron chi connectivity index (χ4n) is 3.82. The van der Waals surface area contributed by atoms with E-state index in [-0.39, 0.29) is 12.2 Å². The van der Waals surface area contributed by atoms with Crippen LogP contribution >= 0.6 is 0 Å². The van der Waals surface area contributed by atoms with Gasteiger partial charge in [0, 0.05) is 37.0 Å². The molecule has 0 N–H and O–H groups in total. The predicted molar refractivity (Wildman–Crippen MR) is 89.4 cm³/mol. The molecular formula is C19H24N2O3. The molecule has 0 unspecified atom stereocenters. The van der Waals surface area contributed by atoms with Crippen LogP contribution in [0.4, 0.5) is 0 Å². The van der Waals surface area contributed by atoms with E-state index >= 15 is 0 Å². The van der Waals surface area contributed by atoms with Crippen LogP contribution < -0.4 is 0 Å². The Kier molecular flexibility index (Phi) is 4.65. The van der Waals surface area contributed by atoms with Gasteiger partial charge in [-0.15, -0.1) is 0 Å². The molecule has 0 saturated carbocycles. The van der Waals surface area contributed by atoms with E-state index < -0.39 is 0 Å². The number of fused-ring (bicyclic) bond motifs is 1. The number of furan rings is 1. The van der Waals surface area contributed by atoms with Crippen LogP contribution in [0.1, 0.15) is 29.8 Å². The smallest absolute Gasteiger partial charge is 0.100 e. The largest absolute Gasteiger partial charge is 0.472 e. The molecule has 0 spiro atoms. The van der Waals surface area contributed by atoms with Gasteiger partial charge in [0.15, 0.2) is 0 Å². The maximum atomic E-state index is 6.21. The Morgan fingerprint density at radius 1 is 1.33 bits per heavy atom. The van der Waals surface area contributed by atoms with E-state index in [4.69, 9.17) is 13.9 Å². The van der Waals surface area contributed by atoms with Crippen molar-refractivity contribution in [2.24, 2.45) is 0 Å². The number of aryl methyl sites for hydroxylation is 1. The normalized spacial score (nSPS) is 27.3. The van der Waals surface area contributed by atoms with Crippen LogP contribution in [-0.2, 0) is 22.6 Å². The van der Waals surface area contributed by atoms with E-state index in [2.05, 4.69) is 9.88 Å². The van der Waals surface area contributed by atoms with Crippen LogP contribution in [0, 0.1) is 6.92 Å². The highest BCUT2D eigenvalue weighted by molar-refractivity contribution is 5.10. The highest BCUT2D eigenvalue weighted by atomic mass is 16.5. The highest BCUT2D eigenvalue weighted by Gasteiger charge is 2.44. The van der Waals surface area contributed by atoms with Crippen molar-refractivity contribution in [3.63, 3.8) is 0 Å². The molecule has 2 aliphatic rings. The van der Waals surface area contributed by atoms with Crippen molar-refractivity contribution in [3.05, 3.63) is 53.7 Å². The summed E-state index contributed by atoms with van der Waals surface area (Å²) in [4.78, 5) is 7.00. The number of nitrogens with zero attached hydrogens (tertiary/aromatic N) is 2. The van der Waals surface area contributed by atoms with E-state index in [9.17, 15) is 0 Å². The van der Waals surface area contributed by atoms with Crippen molar-refractivity contribution in [2.75, 3.05) is 13.2 Å². The maximum absolute atomic E-state index is 6.21. The zero-order chi connectivity index (χ0) is 16.4. The molecule has 4 rings (SSSR count). The molecule has 24 heavy (non-hydrogen) atoms. The Balaban J connectivity index is 1.42. The van der Waals surface area contributed by atoms with Gasteiger partial charge in [-0.2, -0.15) is 0 Å². The Labute approximate surface area is 142 Å². The third-order valence-electron chi connectivity index (χ3n) is 4.94. The summed E-state index contributed by atoms with van der Waals surface area (Å²) in [6.45, 7) is 5.17. The van der Waals surface area contributed by atoms with Crippen molar-refractivity contribution in [2.45, 2.75) is 51.2 Å². The average Bonchev–Trinajstić information content (AvgIpc) is 3.22. The Bertz CT molecular complexity index is 658. The molecule has 0 bridgehead atoms. The molecule has 2 fully saturated rings. The Morgan fingerprint density at radius 2 is 2.29 bits per heavy atom. The standard InChI is InChI=1S/C19H24N2O3/c1-14-4-2-5-16(20-14)13-24-18-11-21(10-15-7-9-22-12-15)17-6-3-8-23-19(17)18/h2,4-5,7,9,12,17-19H,3,6,8,10-11,13H2,1H3/t17-,18+,19+/m0/s1. The minimum Gasteiger partial charge on any atom is -0.472 e. The van der Waals surface area contributed by atoms with Crippen LogP contribution in [-0.4, -0.2) is 41.3 Å². The molecule has 2 aliphatic heterocycles. The number of hydrogen-bond acceptors (Lipinski definition) is 5. The average molecular weight is 328 g/mol. The molecule has 4 heterocycles. The number of rotatable bonds is 5. The lowest BCUT2D eigenvalue weighted by molar-refractivity contribution is -0.0824. The van der Waals surface area contributed by atoms with Gasteiger partial charge in [-0.25, -0.2) is 0 Å². The van der Waals surface area contributed by atoms with Gasteiger partial charge in [0.05, 0.1) is 30.9 Å². The first kappa shape index (κ1) is 15.8. The highest BCUT2D eigenvalue weighted by Crippen LogP contribution is 2.32. The second-order valence-corrected chi connectivity index (χ2v) is 6.73. The summed E-state index contributed by atoms with van der Waals surface area (Å²) in [5.74, 6) is 0. The summed E-state index contributed by atoms with van der Waals surface area (Å²) in [7, 11) is 0. The molecule has 128 valence electrons. The van der Waals surface area contributed by atoms with Gasteiger partial charge >= 0.3 is 0 Å². The third kappa shape index (κ3) is 3.38. The topological polar surface area (TPSA) is 47.7 Å². The monoisotopic (exact) mass is 328 g/mol. The lowest BCUT2D eigenvalue weighted by Gasteiger charge is -2.32. The van der Waals surface area contributed by atoms with Gasteiger partial charge in [0.2, 0.25) is 0 Å². The molecule has 0 amide bonds. The summed E-state index contributed by atoms with van der Waals surface area (Å²) < 4.78 is 17.5. The molecule has 2 aromatic heterocycles. The lowest BCUT2D eigenvalue weighted by atomic mass is 10.0. The van der Waals surface area contributed by atoms with Crippen LogP contribution in [0.2, 0.25) is 0 Å². The Hall–Kier alpha value is -1.69. The van der Waals surface area contributed by atoms with Crippen LogP contribution in [0.25, 0.3) is 0 Å². The number of likely N-dealkylation sites (tertiary alicyclic amines) is 1. The van der Waals surface area contributed by atoms with Gasteiger partial charge < -0.3 is 13.9 Å². The SMILES string of the molecule is Cc1cccc(CO[C@@H]2CN(Cc3ccoc3)[C@H]3CCCO[C@@H]23)n1. The zero-order valence-corrected chi connectivity index (χ0v) is 14.1. The molecule has 2 saturated heterocycles. The summed E-state index contributed by atoms with van der Waals surface area (Å²) in [5.41, 5.74) is 3.21. The van der Waals surface area contributed by atoms with Crippen molar-refractivity contribution >= 4 is 0 Å². The maximum Gasteiger partial charge on any atom is 0.100 e. The van der Waals surface area contributed by atoms with Crippen LogP contribution in [0.15, 0.2) is 41.2 Å². The number of pyridine rings is 1. The first-order valence-electron chi connectivity index (χ1n) is 8.70. The first-order valence-corrected chi connectivity index (χ1v) is 8.70. The van der Waals surface area contributed by atoms with Gasteiger partial charge in [0.25, 0.3) is 0 Å². The fourth-order valence-corrected chi connectivity index (χ4v) is 3.82. The third-order valence-corrected chi connectivity index (χ3v) is 4.94. The minimum absolute atomic E-state index is 0.101. The minimum atomic E-state index is 0.101. The first-order chi connectivity index (χ1) is 11.8. The Morgan fingerprint density at radius 3 is 3.12 bits per heavy atom. The van der Waals surface area contributed by atoms with Crippen LogP contribution in [0.5, 0.6) is 0 Å². The zero-order valence-electron chi connectivity index (χ0n) is 14.1. The summed E-state index contributed by atoms with van der Waals surface area (Å²) >= 11 is 0. The van der Waals surface area contributed by atoms with E-state index in [0.717, 1.165) is 37.5 Å². The van der Waals surface area contributed by atoms with Gasteiger partial charge in [-0.05, 0) is 38.0 Å². The van der Waals surface area contributed by atoms with Crippen molar-refractivity contribution < 1.29 is 13.9 Å². The predicted octanol–water partition coefficient (Wildman–Crippen LogP) is 2.93. The van der Waals surface area contributed by atoms with Crippen molar-refractivity contribution in [1.29, 1.82) is 0 Å². The number of ether oxygens (including phenoxy) is 2. The molecule has 0 aliphatic carbocycles. The van der Waals surface area contributed by atoms with Crippen molar-refractivity contribution in [3.8, 4) is 0 Å².